The molecule has 0 radical (unpaired) electrons. The summed E-state index contributed by atoms with van der Waals surface area (Å²) in [5.74, 6) is 0. The van der Waals surface area contributed by atoms with Crippen molar-refractivity contribution >= 4 is 5.69 Å². The highest BCUT2D eigenvalue weighted by atomic mass is 16.5. The summed E-state index contributed by atoms with van der Waals surface area (Å²) < 4.78 is 5.21. The Bertz CT molecular complexity index is 513. The number of para-hydroxylation sites is 1. The first kappa shape index (κ1) is 14.6. The quantitative estimate of drug-likeness (QED) is 0.812. The van der Waals surface area contributed by atoms with E-state index in [2.05, 4.69) is 23.5 Å². The Kier molecular flexibility index (Phi) is 5.59. The van der Waals surface area contributed by atoms with E-state index in [0.29, 0.717) is 19.8 Å². The molecule has 2 aromatic carbocycles. The van der Waals surface area contributed by atoms with E-state index in [9.17, 15) is 5.11 Å². The van der Waals surface area contributed by atoms with E-state index in [1.54, 1.807) is 0 Å². The van der Waals surface area contributed by atoms with E-state index < -0.39 is 6.10 Å². The second-order valence-electron chi connectivity index (χ2n) is 4.61. The first-order chi connectivity index (χ1) is 9.81. The summed E-state index contributed by atoms with van der Waals surface area (Å²) in [4.78, 5) is 0. The lowest BCUT2D eigenvalue weighted by atomic mass is 10.0. The van der Waals surface area contributed by atoms with Crippen molar-refractivity contribution in [3.05, 3.63) is 54.6 Å². The Labute approximate surface area is 120 Å². The van der Waals surface area contributed by atoms with Crippen molar-refractivity contribution < 1.29 is 9.84 Å². The van der Waals surface area contributed by atoms with Crippen LogP contribution in [0, 0.1) is 0 Å². The summed E-state index contributed by atoms with van der Waals surface area (Å²) in [6, 6.07) is 18.3. The van der Waals surface area contributed by atoms with Gasteiger partial charge in [-0.1, -0.05) is 48.5 Å². The molecule has 2 N–H and O–H groups in total. The molecular weight excluding hydrogens is 250 g/mol. The smallest absolute Gasteiger partial charge is 0.0945 e. The lowest BCUT2D eigenvalue weighted by Crippen LogP contribution is -2.25. The van der Waals surface area contributed by atoms with Crippen molar-refractivity contribution in [3.63, 3.8) is 0 Å². The Hall–Kier alpha value is -1.84. The number of benzene rings is 2. The highest BCUT2D eigenvalue weighted by Gasteiger charge is 2.07. The van der Waals surface area contributed by atoms with Crippen LogP contribution in [0.5, 0.6) is 0 Å². The van der Waals surface area contributed by atoms with Crippen molar-refractivity contribution in [2.75, 3.05) is 25.1 Å². The van der Waals surface area contributed by atoms with Crippen molar-refractivity contribution in [3.8, 4) is 11.1 Å². The molecule has 2 aromatic rings. The first-order valence-corrected chi connectivity index (χ1v) is 6.95. The average Bonchev–Trinajstić information content (AvgIpc) is 2.52. The molecule has 0 heterocycles. The third kappa shape index (κ3) is 4.08. The lowest BCUT2D eigenvalue weighted by molar-refractivity contribution is 0.0496. The molecule has 3 heteroatoms. The van der Waals surface area contributed by atoms with E-state index in [4.69, 9.17) is 4.74 Å². The molecule has 0 bridgehead atoms. The molecule has 1 atom stereocenters. The predicted octanol–water partition coefficient (Wildman–Crippen LogP) is 3.16. The summed E-state index contributed by atoms with van der Waals surface area (Å²) in [5, 5.41) is 13.1. The molecule has 0 fully saturated rings. The first-order valence-electron chi connectivity index (χ1n) is 6.95. The van der Waals surface area contributed by atoms with E-state index in [1.807, 2.05) is 43.3 Å². The van der Waals surface area contributed by atoms with Crippen LogP contribution < -0.4 is 5.32 Å². The lowest BCUT2D eigenvalue weighted by Gasteiger charge is -2.15. The zero-order valence-electron chi connectivity index (χ0n) is 11.8. The van der Waals surface area contributed by atoms with Crippen LogP contribution in [-0.2, 0) is 4.74 Å². The topological polar surface area (TPSA) is 41.5 Å². The number of anilines is 1. The third-order valence-electron chi connectivity index (χ3n) is 3.05. The van der Waals surface area contributed by atoms with Gasteiger partial charge in [0.25, 0.3) is 0 Å². The van der Waals surface area contributed by atoms with Crippen LogP contribution in [0.25, 0.3) is 11.1 Å². The van der Waals surface area contributed by atoms with Gasteiger partial charge in [-0.2, -0.15) is 0 Å². The molecule has 0 saturated carbocycles. The Balaban J connectivity index is 2.05. The van der Waals surface area contributed by atoms with Crippen LogP contribution in [-0.4, -0.2) is 31.0 Å². The minimum Gasteiger partial charge on any atom is -0.389 e. The van der Waals surface area contributed by atoms with Crippen LogP contribution in [0.1, 0.15) is 6.92 Å². The highest BCUT2D eigenvalue weighted by Crippen LogP contribution is 2.27. The van der Waals surface area contributed by atoms with E-state index >= 15 is 0 Å². The molecule has 106 valence electrons. The van der Waals surface area contributed by atoms with Gasteiger partial charge in [0.15, 0.2) is 0 Å². The van der Waals surface area contributed by atoms with Gasteiger partial charge in [-0.25, -0.2) is 0 Å². The summed E-state index contributed by atoms with van der Waals surface area (Å²) in [6.45, 7) is 3.38. The molecule has 2 rings (SSSR count). The summed E-state index contributed by atoms with van der Waals surface area (Å²) in [7, 11) is 0. The summed E-state index contributed by atoms with van der Waals surface area (Å²) in [5.41, 5.74) is 3.32. The molecule has 0 aromatic heterocycles. The normalized spacial score (nSPS) is 12.1. The number of nitrogens with one attached hydrogen (secondary N) is 1. The van der Waals surface area contributed by atoms with Crippen LogP contribution in [0.4, 0.5) is 5.69 Å². The molecule has 1 unspecified atom stereocenters. The molecular formula is C17H21NO2. The highest BCUT2D eigenvalue weighted by molar-refractivity contribution is 5.77. The molecule has 0 aliphatic rings. The largest absolute Gasteiger partial charge is 0.389 e. The van der Waals surface area contributed by atoms with Crippen molar-refractivity contribution in [2.24, 2.45) is 0 Å². The minimum atomic E-state index is -0.501. The predicted molar refractivity (Wildman–Crippen MR) is 82.9 cm³/mol. The standard InChI is InChI=1S/C17H21NO2/c1-2-20-13-15(19)12-18-17-11-7-6-10-16(17)14-8-4-3-5-9-14/h3-11,15,18-19H,2,12-13H2,1H3. The zero-order chi connectivity index (χ0) is 14.2. The number of rotatable bonds is 7. The molecule has 3 nitrogen and oxygen atoms in total. The van der Waals surface area contributed by atoms with E-state index in [0.717, 1.165) is 16.8 Å². The summed E-state index contributed by atoms with van der Waals surface area (Å²) >= 11 is 0. The number of hydrogen-bond acceptors (Lipinski definition) is 3. The fourth-order valence-corrected chi connectivity index (χ4v) is 2.05. The Morgan fingerprint density at radius 1 is 1.05 bits per heavy atom. The van der Waals surface area contributed by atoms with Crippen molar-refractivity contribution in [2.45, 2.75) is 13.0 Å². The van der Waals surface area contributed by atoms with Gasteiger partial charge in [0.2, 0.25) is 0 Å². The van der Waals surface area contributed by atoms with E-state index in [-0.39, 0.29) is 0 Å². The van der Waals surface area contributed by atoms with Crippen LogP contribution in [0.15, 0.2) is 54.6 Å². The molecule has 0 spiro atoms. The number of aliphatic hydroxyl groups excluding tert-OH is 1. The Morgan fingerprint density at radius 3 is 2.50 bits per heavy atom. The fraction of sp³-hybridized carbons (Fsp3) is 0.294. The third-order valence-corrected chi connectivity index (χ3v) is 3.05. The van der Waals surface area contributed by atoms with Gasteiger partial charge in [0.05, 0.1) is 12.7 Å². The van der Waals surface area contributed by atoms with Crippen molar-refractivity contribution in [1.82, 2.24) is 0 Å². The second-order valence-corrected chi connectivity index (χ2v) is 4.61. The van der Waals surface area contributed by atoms with Gasteiger partial charge in [0.1, 0.15) is 0 Å². The summed E-state index contributed by atoms with van der Waals surface area (Å²) in [6.07, 6.45) is -0.501. The van der Waals surface area contributed by atoms with Gasteiger partial charge in [-0.3, -0.25) is 0 Å². The molecule has 0 aliphatic heterocycles. The number of aliphatic hydroxyl groups is 1. The monoisotopic (exact) mass is 271 g/mol. The second kappa shape index (κ2) is 7.68. The zero-order valence-corrected chi connectivity index (χ0v) is 11.8. The maximum atomic E-state index is 9.82. The SMILES string of the molecule is CCOCC(O)CNc1ccccc1-c1ccccc1. The Morgan fingerprint density at radius 2 is 1.75 bits per heavy atom. The molecule has 0 saturated heterocycles. The molecule has 20 heavy (non-hydrogen) atoms. The van der Waals surface area contributed by atoms with Gasteiger partial charge >= 0.3 is 0 Å². The van der Waals surface area contributed by atoms with Crippen molar-refractivity contribution in [1.29, 1.82) is 0 Å². The average molecular weight is 271 g/mol. The van der Waals surface area contributed by atoms with Gasteiger partial charge < -0.3 is 15.2 Å². The minimum absolute atomic E-state index is 0.358. The maximum Gasteiger partial charge on any atom is 0.0945 e. The van der Waals surface area contributed by atoms with Gasteiger partial charge in [0, 0.05) is 24.4 Å². The number of hydrogen-bond donors (Lipinski definition) is 2. The molecule has 0 aliphatic carbocycles. The maximum absolute atomic E-state index is 9.82. The fourth-order valence-electron chi connectivity index (χ4n) is 2.05. The number of ether oxygens (including phenoxy) is 1. The van der Waals surface area contributed by atoms with E-state index in [1.165, 1.54) is 0 Å². The van der Waals surface area contributed by atoms with Crippen LogP contribution in [0.2, 0.25) is 0 Å². The van der Waals surface area contributed by atoms with Crippen LogP contribution in [0.3, 0.4) is 0 Å². The van der Waals surface area contributed by atoms with Gasteiger partial charge in [-0.15, -0.1) is 0 Å². The van der Waals surface area contributed by atoms with Crippen LogP contribution >= 0.6 is 0 Å². The molecule has 0 amide bonds. The van der Waals surface area contributed by atoms with Gasteiger partial charge in [-0.05, 0) is 18.6 Å².